The van der Waals surface area contributed by atoms with E-state index >= 15 is 0 Å². The van der Waals surface area contributed by atoms with Crippen LogP contribution in [0.3, 0.4) is 0 Å². The Morgan fingerprint density at radius 3 is 2.59 bits per heavy atom. The zero-order valence-corrected chi connectivity index (χ0v) is 16.5. The molecule has 0 saturated carbocycles. The average Bonchev–Trinajstić information content (AvgIpc) is 2.77. The number of carbonyl (C=O) groups is 2. The summed E-state index contributed by atoms with van der Waals surface area (Å²) >= 11 is 0. The minimum absolute atomic E-state index is 0.0497. The van der Waals surface area contributed by atoms with Gasteiger partial charge in [-0.3, -0.25) is 4.79 Å². The third-order valence-electron chi connectivity index (χ3n) is 5.98. The number of hydrogen-bond acceptors (Lipinski definition) is 5. The molecule has 152 valence electrons. The Labute approximate surface area is 171 Å². The molecule has 1 aromatic rings. The van der Waals surface area contributed by atoms with Crippen molar-refractivity contribution >= 4 is 17.4 Å². The molecule has 7 nitrogen and oxygen atoms in total. The predicted octanol–water partition coefficient (Wildman–Crippen LogP) is 1.97. The van der Waals surface area contributed by atoms with Gasteiger partial charge in [-0.25, -0.2) is 4.79 Å². The normalized spacial score (nSPS) is 25.4. The number of hydrogen-bond donors (Lipinski definition) is 0. The minimum atomic E-state index is 0.0497. The van der Waals surface area contributed by atoms with Gasteiger partial charge in [0.25, 0.3) is 0 Å². The van der Waals surface area contributed by atoms with E-state index in [1.54, 1.807) is 0 Å². The van der Waals surface area contributed by atoms with Crippen molar-refractivity contribution in [2.45, 2.75) is 18.9 Å². The molecule has 0 N–H and O–H groups in total. The Morgan fingerprint density at radius 1 is 1.10 bits per heavy atom. The molecule has 0 radical (unpaired) electrons. The van der Waals surface area contributed by atoms with Gasteiger partial charge in [0.05, 0.1) is 11.7 Å². The van der Waals surface area contributed by atoms with Crippen molar-refractivity contribution in [2.75, 3.05) is 45.9 Å². The van der Waals surface area contributed by atoms with E-state index in [2.05, 4.69) is 11.0 Å². The van der Waals surface area contributed by atoms with Crippen LogP contribution >= 0.6 is 0 Å². The number of carbonyl (C=O) groups excluding carboxylic acids is 2. The molecule has 0 spiro atoms. The molecule has 0 aliphatic carbocycles. The molecule has 0 bridgehead atoms. The SMILES string of the molecule is N#C/C(=C\N1CCN(C(=O)N2CC[C@@H]3OCC(=O)C[C@@H]3C2)CC1)c1ccccc1. The molecule has 0 unspecified atom stereocenters. The smallest absolute Gasteiger partial charge is 0.320 e. The van der Waals surface area contributed by atoms with Gasteiger partial charge in [0.15, 0.2) is 5.78 Å². The van der Waals surface area contributed by atoms with Crippen LogP contribution in [0.2, 0.25) is 0 Å². The number of nitriles is 1. The van der Waals surface area contributed by atoms with Crippen molar-refractivity contribution < 1.29 is 14.3 Å². The molecular weight excluding hydrogens is 368 g/mol. The molecule has 4 rings (SSSR count). The van der Waals surface area contributed by atoms with Crippen molar-refractivity contribution in [3.63, 3.8) is 0 Å². The van der Waals surface area contributed by atoms with E-state index in [1.165, 1.54) is 0 Å². The Kier molecular flexibility index (Phi) is 5.81. The van der Waals surface area contributed by atoms with Crippen LogP contribution in [0, 0.1) is 17.2 Å². The Bertz CT molecular complexity index is 824. The summed E-state index contributed by atoms with van der Waals surface area (Å²) in [6.45, 7) is 4.16. The van der Waals surface area contributed by atoms with Crippen LogP contribution in [0.4, 0.5) is 4.79 Å². The van der Waals surface area contributed by atoms with Gasteiger partial charge in [0.2, 0.25) is 0 Å². The first-order valence-electron chi connectivity index (χ1n) is 10.2. The number of amides is 2. The first-order chi connectivity index (χ1) is 14.1. The Hall–Kier alpha value is -2.85. The van der Waals surface area contributed by atoms with Gasteiger partial charge in [0, 0.05) is 57.8 Å². The highest BCUT2D eigenvalue weighted by Gasteiger charge is 2.38. The number of piperazine rings is 1. The van der Waals surface area contributed by atoms with Crippen molar-refractivity contribution in [1.29, 1.82) is 5.26 Å². The van der Waals surface area contributed by atoms with Crippen LogP contribution in [0.1, 0.15) is 18.4 Å². The van der Waals surface area contributed by atoms with Crippen LogP contribution in [0.5, 0.6) is 0 Å². The first kappa shape index (κ1) is 19.5. The lowest BCUT2D eigenvalue weighted by Gasteiger charge is -2.43. The summed E-state index contributed by atoms with van der Waals surface area (Å²) in [5, 5.41) is 9.48. The number of nitrogens with zero attached hydrogens (tertiary/aromatic N) is 4. The molecular formula is C22H26N4O3. The fraction of sp³-hybridized carbons (Fsp3) is 0.500. The largest absolute Gasteiger partial charge is 0.373 e. The number of allylic oxidation sites excluding steroid dienone is 1. The van der Waals surface area contributed by atoms with Gasteiger partial charge >= 0.3 is 6.03 Å². The van der Waals surface area contributed by atoms with E-state index in [-0.39, 0.29) is 30.4 Å². The summed E-state index contributed by atoms with van der Waals surface area (Å²) in [5.41, 5.74) is 1.54. The molecule has 3 aliphatic heterocycles. The van der Waals surface area contributed by atoms with E-state index in [1.807, 2.05) is 46.3 Å². The van der Waals surface area contributed by atoms with Gasteiger partial charge in [-0.15, -0.1) is 0 Å². The van der Waals surface area contributed by atoms with Gasteiger partial charge in [-0.2, -0.15) is 5.26 Å². The summed E-state index contributed by atoms with van der Waals surface area (Å²) in [6.07, 6.45) is 3.33. The molecule has 29 heavy (non-hydrogen) atoms. The fourth-order valence-corrected chi connectivity index (χ4v) is 4.36. The second-order valence-electron chi connectivity index (χ2n) is 7.91. The number of ether oxygens (including phenoxy) is 1. The standard InChI is InChI=1S/C22H26N4O3/c23-13-19(17-4-2-1-3-5-17)14-24-8-10-25(11-9-24)22(28)26-7-6-21-18(15-26)12-20(27)16-29-21/h1-5,14,18,21H,6-12,15-16H2/b19-14+/t18-,21+/m1/s1. The summed E-state index contributed by atoms with van der Waals surface area (Å²) in [5.74, 6) is 0.259. The number of piperidine rings is 1. The Balaban J connectivity index is 1.32. The maximum atomic E-state index is 13.0. The van der Waals surface area contributed by atoms with Gasteiger partial charge in [0.1, 0.15) is 12.7 Å². The monoisotopic (exact) mass is 394 g/mol. The topological polar surface area (TPSA) is 76.9 Å². The molecule has 3 aliphatic rings. The number of urea groups is 1. The summed E-state index contributed by atoms with van der Waals surface area (Å²) < 4.78 is 5.63. The van der Waals surface area contributed by atoms with Crippen LogP contribution < -0.4 is 0 Å². The summed E-state index contributed by atoms with van der Waals surface area (Å²) in [6, 6.07) is 12.0. The second-order valence-corrected chi connectivity index (χ2v) is 7.91. The van der Waals surface area contributed by atoms with Gasteiger partial charge in [-0.1, -0.05) is 30.3 Å². The van der Waals surface area contributed by atoms with Crippen molar-refractivity contribution in [3.05, 3.63) is 42.1 Å². The molecule has 3 fully saturated rings. The van der Waals surface area contributed by atoms with E-state index < -0.39 is 0 Å². The first-order valence-corrected chi connectivity index (χ1v) is 10.2. The molecule has 7 heteroatoms. The number of likely N-dealkylation sites (tertiary alicyclic amines) is 1. The van der Waals surface area contributed by atoms with Crippen LogP contribution in [0.15, 0.2) is 36.5 Å². The summed E-state index contributed by atoms with van der Waals surface area (Å²) in [7, 11) is 0. The molecule has 0 aromatic heterocycles. The highest BCUT2D eigenvalue weighted by atomic mass is 16.5. The van der Waals surface area contributed by atoms with Crippen LogP contribution in [0.25, 0.3) is 5.57 Å². The Morgan fingerprint density at radius 2 is 1.86 bits per heavy atom. The molecule has 2 amide bonds. The van der Waals surface area contributed by atoms with Gasteiger partial charge < -0.3 is 19.4 Å². The second kappa shape index (κ2) is 8.66. The zero-order chi connectivity index (χ0) is 20.2. The van der Waals surface area contributed by atoms with Gasteiger partial charge in [-0.05, 0) is 12.0 Å². The lowest BCUT2D eigenvalue weighted by molar-refractivity contribution is -0.139. The van der Waals surface area contributed by atoms with Crippen LogP contribution in [-0.4, -0.2) is 78.5 Å². The highest BCUT2D eigenvalue weighted by molar-refractivity contribution is 5.81. The van der Waals surface area contributed by atoms with Crippen molar-refractivity contribution in [3.8, 4) is 6.07 Å². The molecule has 1 aromatic carbocycles. The van der Waals surface area contributed by atoms with E-state index in [0.717, 1.165) is 12.0 Å². The highest BCUT2D eigenvalue weighted by Crippen LogP contribution is 2.27. The quantitative estimate of drug-likeness (QED) is 0.717. The maximum Gasteiger partial charge on any atom is 0.320 e. The average molecular weight is 394 g/mol. The van der Waals surface area contributed by atoms with E-state index in [0.29, 0.717) is 51.3 Å². The predicted molar refractivity (Wildman–Crippen MR) is 108 cm³/mol. The summed E-state index contributed by atoms with van der Waals surface area (Å²) in [4.78, 5) is 30.5. The maximum absolute atomic E-state index is 13.0. The number of benzene rings is 1. The molecule has 3 heterocycles. The molecule has 3 saturated heterocycles. The lowest BCUT2D eigenvalue weighted by atomic mass is 9.88. The number of ketones is 1. The number of rotatable bonds is 2. The molecule has 2 atom stereocenters. The van der Waals surface area contributed by atoms with E-state index in [4.69, 9.17) is 4.74 Å². The zero-order valence-electron chi connectivity index (χ0n) is 16.5. The van der Waals surface area contributed by atoms with Crippen molar-refractivity contribution in [1.82, 2.24) is 14.7 Å². The minimum Gasteiger partial charge on any atom is -0.373 e. The van der Waals surface area contributed by atoms with Crippen LogP contribution in [-0.2, 0) is 9.53 Å². The van der Waals surface area contributed by atoms with E-state index in [9.17, 15) is 14.9 Å². The third-order valence-corrected chi connectivity index (χ3v) is 5.98. The van der Waals surface area contributed by atoms with Crippen molar-refractivity contribution in [2.24, 2.45) is 5.92 Å². The lowest BCUT2D eigenvalue weighted by Crippen LogP contribution is -2.56. The number of fused-ring (bicyclic) bond motifs is 1. The fourth-order valence-electron chi connectivity index (χ4n) is 4.36. The third kappa shape index (κ3) is 4.43. The number of Topliss-reactive ketones (excluding diaryl/α,β-unsaturated/α-hetero) is 1.